The molecule has 7 nitrogen and oxygen atoms in total. The maximum absolute atomic E-state index is 13.2. The average Bonchev–Trinajstić information content (AvgIpc) is 2.75. The quantitative estimate of drug-likeness (QED) is 0.346. The van der Waals surface area contributed by atoms with E-state index in [1.807, 2.05) is 16.7 Å². The summed E-state index contributed by atoms with van der Waals surface area (Å²) in [6, 6.07) is 17.6. The van der Waals surface area contributed by atoms with E-state index in [0.717, 1.165) is 0 Å². The van der Waals surface area contributed by atoms with Gasteiger partial charge in [-0.3, -0.25) is 9.59 Å². The summed E-state index contributed by atoms with van der Waals surface area (Å²) in [5.41, 5.74) is 2.06. The standard InChI is InChI=1S/C23H18N2O5S/c26-22-14-6-1-3-8-18(14)24-19-12-17-21(13-16(19)22)25(10-5-11-31(28,29)30)20-9-4-2-7-15(20)23(17)27/h1-4,6-9,12-13H,5,10-11H2,(H,24,26)(H,28,29,30)/p-1. The number of hydrogen-bond donors (Lipinski definition) is 1. The number of fused-ring (bicyclic) bond motifs is 4. The molecule has 0 aliphatic carbocycles. The molecule has 0 fully saturated rings. The molecule has 0 atom stereocenters. The van der Waals surface area contributed by atoms with Crippen molar-refractivity contribution in [2.24, 2.45) is 0 Å². The molecule has 2 aromatic heterocycles. The third-order valence-electron chi connectivity index (χ3n) is 5.57. The molecule has 0 saturated heterocycles. The molecule has 156 valence electrons. The number of para-hydroxylation sites is 2. The topological polar surface area (TPSA) is 112 Å². The van der Waals surface area contributed by atoms with Crippen molar-refractivity contribution in [1.29, 1.82) is 0 Å². The number of rotatable bonds is 4. The molecule has 8 heteroatoms. The summed E-state index contributed by atoms with van der Waals surface area (Å²) >= 11 is 0. The van der Waals surface area contributed by atoms with Crippen LogP contribution < -0.4 is 10.9 Å². The number of aromatic amines is 1. The Kier molecular flexibility index (Phi) is 4.42. The summed E-state index contributed by atoms with van der Waals surface area (Å²) in [6.07, 6.45) is 0.0971. The lowest BCUT2D eigenvalue weighted by molar-refractivity contribution is 0.459. The summed E-state index contributed by atoms with van der Waals surface area (Å²) < 4.78 is 35.1. The van der Waals surface area contributed by atoms with E-state index in [2.05, 4.69) is 4.98 Å². The van der Waals surface area contributed by atoms with Gasteiger partial charge >= 0.3 is 0 Å². The molecule has 0 unspecified atom stereocenters. The smallest absolute Gasteiger partial charge is 0.197 e. The first-order valence-electron chi connectivity index (χ1n) is 9.77. The molecule has 0 aliphatic heterocycles. The van der Waals surface area contributed by atoms with Crippen molar-refractivity contribution in [3.05, 3.63) is 81.1 Å². The van der Waals surface area contributed by atoms with Crippen molar-refractivity contribution < 1.29 is 13.0 Å². The highest BCUT2D eigenvalue weighted by molar-refractivity contribution is 7.85. The largest absolute Gasteiger partial charge is 0.748 e. The summed E-state index contributed by atoms with van der Waals surface area (Å²) in [6.45, 7) is 0.218. The molecule has 0 spiro atoms. The molecule has 31 heavy (non-hydrogen) atoms. The zero-order valence-electron chi connectivity index (χ0n) is 16.3. The van der Waals surface area contributed by atoms with E-state index in [0.29, 0.717) is 43.6 Å². The molecule has 0 aliphatic rings. The molecule has 1 N–H and O–H groups in total. The van der Waals surface area contributed by atoms with E-state index < -0.39 is 15.9 Å². The number of pyridine rings is 2. The Morgan fingerprint density at radius 3 is 2.23 bits per heavy atom. The van der Waals surface area contributed by atoms with Gasteiger partial charge in [0.1, 0.15) is 0 Å². The van der Waals surface area contributed by atoms with Crippen molar-refractivity contribution in [2.75, 3.05) is 5.75 Å². The Morgan fingerprint density at radius 2 is 1.45 bits per heavy atom. The minimum Gasteiger partial charge on any atom is -0.748 e. The van der Waals surface area contributed by atoms with Gasteiger partial charge in [-0.2, -0.15) is 0 Å². The van der Waals surface area contributed by atoms with Crippen LogP contribution in [-0.2, 0) is 16.7 Å². The van der Waals surface area contributed by atoms with Crippen LogP contribution in [0.25, 0.3) is 43.6 Å². The molecular formula is C23H17N2O5S-. The zero-order chi connectivity index (χ0) is 21.8. The molecule has 3 aromatic carbocycles. The Morgan fingerprint density at radius 1 is 0.774 bits per heavy atom. The van der Waals surface area contributed by atoms with E-state index in [-0.39, 0.29) is 23.8 Å². The van der Waals surface area contributed by atoms with Crippen LogP contribution >= 0.6 is 0 Å². The van der Waals surface area contributed by atoms with Gasteiger partial charge in [0, 0.05) is 39.4 Å². The number of hydrogen-bond acceptors (Lipinski definition) is 5. The van der Waals surface area contributed by atoms with Gasteiger partial charge in [0.2, 0.25) is 0 Å². The van der Waals surface area contributed by atoms with E-state index in [9.17, 15) is 22.6 Å². The summed E-state index contributed by atoms with van der Waals surface area (Å²) in [7, 11) is -4.35. The van der Waals surface area contributed by atoms with Crippen LogP contribution in [0.1, 0.15) is 6.42 Å². The highest BCUT2D eigenvalue weighted by atomic mass is 32.2. The second-order valence-corrected chi connectivity index (χ2v) is 9.05. The van der Waals surface area contributed by atoms with Gasteiger partial charge < -0.3 is 14.1 Å². The predicted molar refractivity (Wildman–Crippen MR) is 121 cm³/mol. The van der Waals surface area contributed by atoms with Crippen LogP contribution in [-0.4, -0.2) is 28.3 Å². The monoisotopic (exact) mass is 433 g/mol. The zero-order valence-corrected chi connectivity index (χ0v) is 17.1. The fourth-order valence-electron chi connectivity index (χ4n) is 4.18. The Hall–Kier alpha value is -3.49. The highest BCUT2D eigenvalue weighted by Gasteiger charge is 2.14. The van der Waals surface area contributed by atoms with Crippen LogP contribution in [0.4, 0.5) is 0 Å². The normalized spacial score (nSPS) is 12.3. The molecule has 0 bridgehead atoms. The fraction of sp³-hybridized carbons (Fsp3) is 0.130. The third kappa shape index (κ3) is 3.30. The van der Waals surface area contributed by atoms with Crippen LogP contribution in [0.2, 0.25) is 0 Å². The number of nitrogens with one attached hydrogen (secondary N) is 1. The van der Waals surface area contributed by atoms with E-state index in [1.54, 1.807) is 48.5 Å². The van der Waals surface area contributed by atoms with Crippen molar-refractivity contribution in [3.8, 4) is 0 Å². The van der Waals surface area contributed by atoms with Crippen LogP contribution in [0.3, 0.4) is 0 Å². The van der Waals surface area contributed by atoms with Gasteiger partial charge in [-0.15, -0.1) is 0 Å². The SMILES string of the molecule is O=c1c2ccccc2[nH]c2cc3c(=O)c4ccccc4n(CCCS(=O)(=O)[O-])c3cc12. The minimum absolute atomic E-state index is 0.0971. The highest BCUT2D eigenvalue weighted by Crippen LogP contribution is 2.24. The van der Waals surface area contributed by atoms with Crippen molar-refractivity contribution in [3.63, 3.8) is 0 Å². The molecule has 0 amide bonds. The van der Waals surface area contributed by atoms with Gasteiger partial charge in [-0.25, -0.2) is 8.42 Å². The summed E-state index contributed by atoms with van der Waals surface area (Å²) in [5.74, 6) is -0.506. The van der Waals surface area contributed by atoms with Gasteiger partial charge in [0.15, 0.2) is 10.9 Å². The predicted octanol–water partition coefficient (Wildman–Crippen LogP) is 3.08. The van der Waals surface area contributed by atoms with Crippen LogP contribution in [0.15, 0.2) is 70.3 Å². The molecule has 2 heterocycles. The third-order valence-corrected chi connectivity index (χ3v) is 6.36. The van der Waals surface area contributed by atoms with E-state index >= 15 is 0 Å². The van der Waals surface area contributed by atoms with Gasteiger partial charge in [-0.1, -0.05) is 24.3 Å². The average molecular weight is 433 g/mol. The van der Waals surface area contributed by atoms with Crippen molar-refractivity contribution in [1.82, 2.24) is 9.55 Å². The van der Waals surface area contributed by atoms with E-state index in [4.69, 9.17) is 0 Å². The van der Waals surface area contributed by atoms with Gasteiger partial charge in [0.25, 0.3) is 0 Å². The molecule has 0 radical (unpaired) electrons. The number of aromatic nitrogens is 2. The molecular weight excluding hydrogens is 416 g/mol. The lowest BCUT2D eigenvalue weighted by Gasteiger charge is -2.16. The first-order valence-corrected chi connectivity index (χ1v) is 11.3. The first-order chi connectivity index (χ1) is 14.8. The summed E-state index contributed by atoms with van der Waals surface area (Å²) in [4.78, 5) is 29.6. The van der Waals surface area contributed by atoms with Gasteiger partial charge in [-0.05, 0) is 42.8 Å². The Balaban J connectivity index is 1.88. The lowest BCUT2D eigenvalue weighted by Crippen LogP contribution is -2.15. The maximum atomic E-state index is 13.2. The van der Waals surface area contributed by atoms with Gasteiger partial charge in [0.05, 0.1) is 26.7 Å². The molecule has 0 saturated carbocycles. The molecule has 5 aromatic rings. The Bertz CT molecular complexity index is 1730. The molecule has 5 rings (SSSR count). The second-order valence-electron chi connectivity index (χ2n) is 7.53. The maximum Gasteiger partial charge on any atom is 0.197 e. The van der Waals surface area contributed by atoms with Crippen LogP contribution in [0.5, 0.6) is 0 Å². The minimum atomic E-state index is -4.35. The number of benzene rings is 3. The fourth-order valence-corrected chi connectivity index (χ4v) is 4.66. The second kappa shape index (κ2) is 7.04. The Labute approximate surface area is 176 Å². The van der Waals surface area contributed by atoms with E-state index in [1.165, 1.54) is 0 Å². The van der Waals surface area contributed by atoms with Crippen molar-refractivity contribution >= 4 is 53.7 Å². The number of aryl methyl sites for hydroxylation is 1. The van der Waals surface area contributed by atoms with Crippen molar-refractivity contribution in [2.45, 2.75) is 13.0 Å². The lowest BCUT2D eigenvalue weighted by atomic mass is 10.0. The van der Waals surface area contributed by atoms with Crippen LogP contribution in [0, 0.1) is 0 Å². The summed E-state index contributed by atoms with van der Waals surface area (Å²) in [5, 5.41) is 1.89. The number of nitrogens with zero attached hydrogens (tertiary/aromatic N) is 1. The number of H-pyrrole nitrogens is 1. The first kappa shape index (κ1) is 19.5.